The summed E-state index contributed by atoms with van der Waals surface area (Å²) < 4.78 is 26.4. The molecule has 20 heavy (non-hydrogen) atoms. The summed E-state index contributed by atoms with van der Waals surface area (Å²) in [6.45, 7) is 3.48. The molecule has 5 nitrogen and oxygen atoms in total. The van der Waals surface area contributed by atoms with Crippen LogP contribution in [0.2, 0.25) is 0 Å². The molecule has 1 N–H and O–H groups in total. The molecular formula is C13H20N2O3S2. The van der Waals surface area contributed by atoms with Crippen molar-refractivity contribution in [2.45, 2.75) is 42.9 Å². The molecule has 1 saturated heterocycles. The van der Waals surface area contributed by atoms with Gasteiger partial charge in [0.25, 0.3) is 15.9 Å². The zero-order valence-corrected chi connectivity index (χ0v) is 13.2. The smallest absolute Gasteiger partial charge is 0.273 e. The maximum Gasteiger partial charge on any atom is 0.273 e. The van der Waals surface area contributed by atoms with Crippen LogP contribution in [-0.4, -0.2) is 38.4 Å². The van der Waals surface area contributed by atoms with Crippen molar-refractivity contribution in [2.75, 3.05) is 13.1 Å². The number of nitrogens with zero attached hydrogens (tertiary/aromatic N) is 1. The molecule has 0 bridgehead atoms. The van der Waals surface area contributed by atoms with E-state index in [4.69, 9.17) is 0 Å². The predicted octanol–water partition coefficient (Wildman–Crippen LogP) is 1.82. The molecule has 0 spiro atoms. The van der Waals surface area contributed by atoms with E-state index in [1.54, 1.807) is 18.4 Å². The Bertz CT molecular complexity index is 532. The standard InChI is InChI=1S/C13H20N2O3S2/c1-11(15-8-4-2-3-5-9-15)13(16)14-20(17,18)12-7-6-10-19-12/h6-7,10-11H,2-5,8-9H2,1H3,(H,14,16). The van der Waals surface area contributed by atoms with E-state index in [1.807, 2.05) is 0 Å². The van der Waals surface area contributed by atoms with Gasteiger partial charge in [0.15, 0.2) is 0 Å². The van der Waals surface area contributed by atoms with Gasteiger partial charge in [0, 0.05) is 0 Å². The minimum Gasteiger partial charge on any atom is -0.292 e. The largest absolute Gasteiger partial charge is 0.292 e. The second-order valence-corrected chi connectivity index (χ2v) is 7.88. The summed E-state index contributed by atoms with van der Waals surface area (Å²) in [5.41, 5.74) is 0. The van der Waals surface area contributed by atoms with E-state index < -0.39 is 22.0 Å². The van der Waals surface area contributed by atoms with Crippen molar-refractivity contribution in [3.05, 3.63) is 17.5 Å². The van der Waals surface area contributed by atoms with Gasteiger partial charge in [0.2, 0.25) is 0 Å². The van der Waals surface area contributed by atoms with E-state index in [1.165, 1.54) is 18.9 Å². The molecule has 0 saturated carbocycles. The SMILES string of the molecule is CC(C(=O)NS(=O)(=O)c1cccs1)N1CCCCCC1. The Hall–Kier alpha value is -0.920. The average molecular weight is 316 g/mol. The molecule has 0 aromatic carbocycles. The van der Waals surface area contributed by atoms with Crippen LogP contribution in [0.4, 0.5) is 0 Å². The van der Waals surface area contributed by atoms with E-state index >= 15 is 0 Å². The van der Waals surface area contributed by atoms with Crippen molar-refractivity contribution in [1.29, 1.82) is 0 Å². The summed E-state index contributed by atoms with van der Waals surface area (Å²) >= 11 is 1.11. The summed E-state index contributed by atoms with van der Waals surface area (Å²) in [7, 11) is -3.72. The predicted molar refractivity (Wildman–Crippen MR) is 79.2 cm³/mol. The first-order valence-electron chi connectivity index (χ1n) is 6.85. The lowest BCUT2D eigenvalue weighted by atomic mass is 10.2. The van der Waals surface area contributed by atoms with Gasteiger partial charge >= 0.3 is 0 Å². The van der Waals surface area contributed by atoms with Crippen LogP contribution < -0.4 is 4.72 Å². The summed E-state index contributed by atoms with van der Waals surface area (Å²) in [5.74, 6) is -0.444. The number of hydrogen-bond acceptors (Lipinski definition) is 5. The van der Waals surface area contributed by atoms with Gasteiger partial charge in [-0.2, -0.15) is 0 Å². The number of sulfonamides is 1. The molecular weight excluding hydrogens is 296 g/mol. The Morgan fingerprint density at radius 3 is 2.50 bits per heavy atom. The first-order valence-corrected chi connectivity index (χ1v) is 9.21. The van der Waals surface area contributed by atoms with Gasteiger partial charge in [-0.3, -0.25) is 9.69 Å². The lowest BCUT2D eigenvalue weighted by Crippen LogP contribution is -2.47. The second-order valence-electron chi connectivity index (χ2n) is 5.03. The van der Waals surface area contributed by atoms with Gasteiger partial charge in [-0.1, -0.05) is 18.9 Å². The van der Waals surface area contributed by atoms with Gasteiger partial charge < -0.3 is 0 Å². The molecule has 1 unspecified atom stereocenters. The van der Waals surface area contributed by atoms with Crippen molar-refractivity contribution in [3.8, 4) is 0 Å². The fourth-order valence-corrected chi connectivity index (χ4v) is 4.37. The first-order chi connectivity index (χ1) is 9.50. The maximum atomic E-state index is 12.1. The van der Waals surface area contributed by atoms with Gasteiger partial charge in [0.05, 0.1) is 6.04 Å². The Morgan fingerprint density at radius 2 is 1.95 bits per heavy atom. The topological polar surface area (TPSA) is 66.5 Å². The van der Waals surface area contributed by atoms with Gasteiger partial charge in [0.1, 0.15) is 4.21 Å². The molecule has 1 aliphatic heterocycles. The van der Waals surface area contributed by atoms with Crippen LogP contribution in [0.1, 0.15) is 32.6 Å². The Morgan fingerprint density at radius 1 is 1.30 bits per heavy atom. The number of amides is 1. The number of likely N-dealkylation sites (tertiary alicyclic amines) is 1. The van der Waals surface area contributed by atoms with E-state index in [2.05, 4.69) is 9.62 Å². The average Bonchev–Trinajstić information content (AvgIpc) is 2.82. The zero-order valence-electron chi connectivity index (χ0n) is 11.5. The van der Waals surface area contributed by atoms with Crippen LogP contribution in [0, 0.1) is 0 Å². The molecule has 1 aromatic heterocycles. The van der Waals surface area contributed by atoms with Gasteiger partial charge in [-0.05, 0) is 44.3 Å². The summed E-state index contributed by atoms with van der Waals surface area (Å²) in [6, 6.07) is 2.74. The molecule has 1 aliphatic rings. The van der Waals surface area contributed by atoms with Crippen LogP contribution >= 0.6 is 11.3 Å². The highest BCUT2D eigenvalue weighted by atomic mass is 32.2. The van der Waals surface area contributed by atoms with Crippen molar-refractivity contribution < 1.29 is 13.2 Å². The fraction of sp³-hybridized carbons (Fsp3) is 0.615. The van der Waals surface area contributed by atoms with Gasteiger partial charge in [-0.15, -0.1) is 11.3 Å². The van der Waals surface area contributed by atoms with E-state index in [0.717, 1.165) is 37.3 Å². The summed E-state index contributed by atoms with van der Waals surface area (Å²) in [4.78, 5) is 14.2. The quantitative estimate of drug-likeness (QED) is 0.920. The molecule has 112 valence electrons. The number of thiophene rings is 1. The monoisotopic (exact) mass is 316 g/mol. The highest BCUT2D eigenvalue weighted by Gasteiger charge is 2.26. The lowest BCUT2D eigenvalue weighted by molar-refractivity contribution is -0.124. The van der Waals surface area contributed by atoms with Crippen molar-refractivity contribution in [3.63, 3.8) is 0 Å². The van der Waals surface area contributed by atoms with Crippen molar-refractivity contribution in [2.24, 2.45) is 0 Å². The fourth-order valence-electron chi connectivity index (χ4n) is 2.33. The number of carbonyl (C=O) groups excluding carboxylic acids is 1. The number of rotatable bonds is 4. The molecule has 1 atom stereocenters. The van der Waals surface area contributed by atoms with Crippen LogP contribution in [-0.2, 0) is 14.8 Å². The van der Waals surface area contributed by atoms with E-state index in [0.29, 0.717) is 0 Å². The third kappa shape index (κ3) is 3.80. The number of hydrogen-bond donors (Lipinski definition) is 1. The Balaban J connectivity index is 2.00. The zero-order chi connectivity index (χ0) is 14.6. The van der Waals surface area contributed by atoms with Crippen LogP contribution in [0.3, 0.4) is 0 Å². The molecule has 1 fully saturated rings. The van der Waals surface area contributed by atoms with Gasteiger partial charge in [-0.25, -0.2) is 13.1 Å². The third-order valence-electron chi connectivity index (χ3n) is 3.56. The van der Waals surface area contributed by atoms with Crippen molar-refractivity contribution in [1.82, 2.24) is 9.62 Å². The minimum absolute atomic E-state index is 0.175. The molecule has 2 rings (SSSR count). The van der Waals surface area contributed by atoms with Crippen molar-refractivity contribution >= 4 is 27.3 Å². The Labute approximate surface area is 124 Å². The highest BCUT2D eigenvalue weighted by Crippen LogP contribution is 2.16. The molecule has 7 heteroatoms. The number of carbonyl (C=O) groups is 1. The highest BCUT2D eigenvalue weighted by molar-refractivity contribution is 7.92. The summed E-state index contributed by atoms with van der Waals surface area (Å²) in [6.07, 6.45) is 4.49. The first kappa shape index (κ1) is 15.5. The molecule has 2 heterocycles. The molecule has 1 amide bonds. The van der Waals surface area contributed by atoms with Crippen LogP contribution in [0.15, 0.2) is 21.7 Å². The van der Waals surface area contributed by atoms with E-state index in [9.17, 15) is 13.2 Å². The molecule has 1 aromatic rings. The molecule has 0 radical (unpaired) electrons. The lowest BCUT2D eigenvalue weighted by Gasteiger charge is -2.26. The second kappa shape index (κ2) is 6.69. The minimum atomic E-state index is -3.72. The van der Waals surface area contributed by atoms with Crippen LogP contribution in [0.5, 0.6) is 0 Å². The maximum absolute atomic E-state index is 12.1. The van der Waals surface area contributed by atoms with E-state index in [-0.39, 0.29) is 4.21 Å². The van der Waals surface area contributed by atoms with Crippen LogP contribution in [0.25, 0.3) is 0 Å². The third-order valence-corrected chi connectivity index (χ3v) is 6.31. The number of nitrogens with one attached hydrogen (secondary N) is 1. The molecule has 0 aliphatic carbocycles. The normalized spacial score (nSPS) is 19.2. The Kier molecular flexibility index (Phi) is 5.17. The summed E-state index contributed by atoms with van der Waals surface area (Å²) in [5, 5.41) is 1.68.